The molecule has 3 aliphatic heterocycles. The number of hydrogen-bond donors (Lipinski definition) is 2. The molecule has 3 heterocycles. The molecule has 0 radical (unpaired) electrons. The van der Waals surface area contributed by atoms with Crippen LogP contribution in [0.25, 0.3) is 0 Å². The van der Waals surface area contributed by atoms with Crippen LogP contribution in [0.3, 0.4) is 0 Å². The van der Waals surface area contributed by atoms with Gasteiger partial charge in [0.15, 0.2) is 11.0 Å². The summed E-state index contributed by atoms with van der Waals surface area (Å²) >= 11 is 6.41. The molecule has 3 aliphatic rings. The van der Waals surface area contributed by atoms with E-state index in [0.29, 0.717) is 55.0 Å². The second-order valence-corrected chi connectivity index (χ2v) is 14.5. The van der Waals surface area contributed by atoms with Gasteiger partial charge >= 0.3 is 6.09 Å². The number of ether oxygens (including phenoxy) is 4. The molecule has 2 aromatic rings. The van der Waals surface area contributed by atoms with Crippen molar-refractivity contribution >= 4 is 40.3 Å². The van der Waals surface area contributed by atoms with Crippen LogP contribution in [0.15, 0.2) is 53.4 Å². The minimum atomic E-state index is -1.82. The van der Waals surface area contributed by atoms with E-state index < -0.39 is 34.7 Å². The first-order valence-electron chi connectivity index (χ1n) is 16.5. The minimum Gasteiger partial charge on any atom is -0.491 e. The number of halogens is 1. The summed E-state index contributed by atoms with van der Waals surface area (Å²) in [5.41, 5.74) is 1.94. The number of nitrogens with zero attached hydrogens (tertiary/aromatic N) is 1. The Kier molecular flexibility index (Phi) is 11.9. The lowest BCUT2D eigenvalue weighted by atomic mass is 9.91. The molecule has 2 aromatic carbocycles. The first-order valence-corrected chi connectivity index (χ1v) is 18.0. The largest absolute Gasteiger partial charge is 0.491 e. The molecule has 2 amide bonds. The molecule has 256 valence electrons. The van der Waals surface area contributed by atoms with Crippen LogP contribution >= 0.6 is 11.6 Å². The monoisotopic (exact) mass is 687 g/mol. The first-order chi connectivity index (χ1) is 22.6. The zero-order valence-electron chi connectivity index (χ0n) is 27.6. The molecule has 12 heteroatoms. The molecule has 1 saturated heterocycles. The van der Waals surface area contributed by atoms with Gasteiger partial charge in [0.1, 0.15) is 17.5 Å². The highest BCUT2D eigenvalue weighted by Crippen LogP contribution is 2.38. The van der Waals surface area contributed by atoms with Gasteiger partial charge < -0.3 is 29.2 Å². The van der Waals surface area contributed by atoms with Gasteiger partial charge in [0.2, 0.25) is 0 Å². The zero-order valence-corrected chi connectivity index (χ0v) is 29.2. The number of nitrogens with one attached hydrogen (secondary N) is 2. The summed E-state index contributed by atoms with van der Waals surface area (Å²) in [6.07, 6.45) is 5.95. The van der Waals surface area contributed by atoms with Crippen LogP contribution < -0.4 is 19.7 Å². The normalized spacial score (nSPS) is 25.8. The number of amides is 2. The molecular weight excluding hydrogens is 642 g/mol. The number of hydrogen-bond acceptors (Lipinski definition) is 8. The van der Waals surface area contributed by atoms with Gasteiger partial charge in [-0.05, 0) is 80.6 Å². The number of rotatable bonds is 6. The summed E-state index contributed by atoms with van der Waals surface area (Å²) in [6, 6.07) is 11.4. The maximum Gasteiger partial charge on any atom is 0.408 e. The van der Waals surface area contributed by atoms with E-state index in [1.165, 1.54) is 11.1 Å². The molecule has 0 spiro atoms. The average Bonchev–Trinajstić information content (AvgIpc) is 3.20. The van der Waals surface area contributed by atoms with Gasteiger partial charge in [-0.3, -0.25) is 9.52 Å². The van der Waals surface area contributed by atoms with Gasteiger partial charge in [0, 0.05) is 29.9 Å². The lowest BCUT2D eigenvalue weighted by Crippen LogP contribution is -2.49. The number of carbonyl (C=O) groups excluding carboxylic acids is 2. The van der Waals surface area contributed by atoms with E-state index in [1.807, 2.05) is 30.3 Å². The lowest BCUT2D eigenvalue weighted by molar-refractivity contribution is -0.139. The fraction of sp³-hybridized carbons (Fsp3) is 0.543. The third-order valence-corrected chi connectivity index (χ3v) is 10.3. The van der Waals surface area contributed by atoms with Crippen LogP contribution in [0.4, 0.5) is 10.5 Å². The molecule has 0 aliphatic carbocycles. The van der Waals surface area contributed by atoms with Crippen molar-refractivity contribution in [2.45, 2.75) is 81.9 Å². The molecule has 1 fully saturated rings. The molecule has 0 aromatic heterocycles. The fourth-order valence-corrected chi connectivity index (χ4v) is 7.22. The van der Waals surface area contributed by atoms with Crippen LogP contribution in [-0.2, 0) is 36.4 Å². The maximum atomic E-state index is 13.4. The maximum absolute atomic E-state index is 13.4. The van der Waals surface area contributed by atoms with Crippen LogP contribution in [0.1, 0.15) is 64.0 Å². The number of anilines is 1. The number of alkyl carbamates (subject to hydrolysis) is 1. The average molecular weight is 688 g/mol. The van der Waals surface area contributed by atoms with E-state index >= 15 is 0 Å². The lowest BCUT2D eigenvalue weighted by Gasteiger charge is -2.32. The molecule has 47 heavy (non-hydrogen) atoms. The highest BCUT2D eigenvalue weighted by molar-refractivity contribution is 7.83. The topological polar surface area (TPSA) is 115 Å². The third kappa shape index (κ3) is 8.87. The summed E-state index contributed by atoms with van der Waals surface area (Å²) in [4.78, 5) is 28.8. The third-order valence-electron chi connectivity index (χ3n) is 8.99. The molecule has 2 N–H and O–H groups in total. The van der Waals surface area contributed by atoms with Crippen molar-refractivity contribution in [3.05, 3.63) is 64.7 Å². The zero-order chi connectivity index (χ0) is 33.6. The van der Waals surface area contributed by atoms with Crippen LogP contribution in [0.2, 0.25) is 5.02 Å². The summed E-state index contributed by atoms with van der Waals surface area (Å²) in [6.45, 7) is 10.3. The Bertz CT molecular complexity index is 1480. The molecule has 4 atom stereocenters. The molecule has 10 nitrogen and oxygen atoms in total. The van der Waals surface area contributed by atoms with Crippen LogP contribution in [-0.4, -0.2) is 73.5 Å². The predicted molar refractivity (Wildman–Crippen MR) is 182 cm³/mol. The number of fused-ring (bicyclic) bond motifs is 1. The number of benzene rings is 2. The van der Waals surface area contributed by atoms with Gasteiger partial charge in [-0.25, -0.2) is 9.00 Å². The van der Waals surface area contributed by atoms with Crippen LogP contribution in [0.5, 0.6) is 5.75 Å². The Balaban J connectivity index is 1.50. The molecule has 2 bridgehead atoms. The smallest absolute Gasteiger partial charge is 0.408 e. The Morgan fingerprint density at radius 2 is 1.98 bits per heavy atom. The number of carbonyl (C=O) groups is 2. The van der Waals surface area contributed by atoms with Gasteiger partial charge in [0.05, 0.1) is 43.1 Å². The summed E-state index contributed by atoms with van der Waals surface area (Å²) in [5, 5.41) is 3.58. The van der Waals surface area contributed by atoms with Gasteiger partial charge in [-0.1, -0.05) is 44.0 Å². The number of aryl methyl sites for hydroxylation is 1. The predicted octanol–water partition coefficient (Wildman–Crippen LogP) is 5.69. The van der Waals surface area contributed by atoms with Crippen molar-refractivity contribution in [3.63, 3.8) is 0 Å². The standard InChI is InChI=1S/C35H46ClN3O7S/c1-5-8-24-17-26(36)10-12-29(24)25-19-39-15-14-23(6-2)31(46-34(41)37-27-21-43-22-27)9-7-16-45-35(3,4)33(40)38-47(42)28-11-13-32(44-20-25)30(39)18-28/h7,9-13,17-18,23,25,27,31H,5-6,8,14-16,19-22H2,1-4H3,(H,37,41)(H,38,40)/b9-7+. The molecule has 0 saturated carbocycles. The summed E-state index contributed by atoms with van der Waals surface area (Å²) in [7, 11) is -1.82. The van der Waals surface area contributed by atoms with Gasteiger partial charge in [-0.2, -0.15) is 0 Å². The van der Waals surface area contributed by atoms with E-state index in [1.54, 1.807) is 26.0 Å². The quantitative estimate of drug-likeness (QED) is 0.373. The van der Waals surface area contributed by atoms with E-state index in [2.05, 4.69) is 34.9 Å². The second kappa shape index (κ2) is 15.9. The minimum absolute atomic E-state index is 0.0200. The SMILES string of the molecule is CCCc1cc(Cl)ccc1C1COc2ccc3cc2N(CCC(CC)C(OC(=O)NC2COC2)/C=C/COC(C)(C)C(=O)NS3=O)C1. The van der Waals surface area contributed by atoms with Crippen molar-refractivity contribution in [1.82, 2.24) is 10.0 Å². The van der Waals surface area contributed by atoms with Crippen molar-refractivity contribution in [2.24, 2.45) is 5.92 Å². The van der Waals surface area contributed by atoms with E-state index in [4.69, 9.17) is 30.5 Å². The van der Waals surface area contributed by atoms with Gasteiger partial charge in [-0.15, -0.1) is 0 Å². The van der Waals surface area contributed by atoms with Crippen LogP contribution in [0, 0.1) is 5.92 Å². The van der Waals surface area contributed by atoms with E-state index in [0.717, 1.165) is 24.9 Å². The second-order valence-electron chi connectivity index (χ2n) is 12.8. The highest BCUT2D eigenvalue weighted by Gasteiger charge is 2.33. The summed E-state index contributed by atoms with van der Waals surface area (Å²) < 4.78 is 39.6. The Labute approximate surface area is 285 Å². The first kappa shape index (κ1) is 35.2. The van der Waals surface area contributed by atoms with E-state index in [9.17, 15) is 13.8 Å². The Morgan fingerprint density at radius 1 is 1.17 bits per heavy atom. The Hall–Kier alpha value is -3.12. The molecule has 5 rings (SSSR count). The van der Waals surface area contributed by atoms with Crippen molar-refractivity contribution in [1.29, 1.82) is 0 Å². The molecular formula is C35H46ClN3O7S. The summed E-state index contributed by atoms with van der Waals surface area (Å²) in [5.74, 6) is 0.194. The van der Waals surface area contributed by atoms with Crippen molar-refractivity contribution < 1.29 is 32.7 Å². The fourth-order valence-electron chi connectivity index (χ4n) is 6.08. The van der Waals surface area contributed by atoms with E-state index in [-0.39, 0.29) is 24.5 Å². The Morgan fingerprint density at radius 3 is 2.70 bits per heavy atom. The van der Waals surface area contributed by atoms with Gasteiger partial charge in [0.25, 0.3) is 5.91 Å². The van der Waals surface area contributed by atoms with Crippen molar-refractivity contribution in [2.75, 3.05) is 44.4 Å². The van der Waals surface area contributed by atoms with Crippen molar-refractivity contribution in [3.8, 4) is 5.75 Å². The highest BCUT2D eigenvalue weighted by atomic mass is 35.5. The molecule has 4 unspecified atom stereocenters.